The van der Waals surface area contributed by atoms with Crippen LogP contribution in [0.15, 0.2) is 18.2 Å². The average molecular weight is 507 g/mol. The fourth-order valence-electron chi connectivity index (χ4n) is 1.25. The van der Waals surface area contributed by atoms with Crippen LogP contribution in [0.2, 0.25) is 0 Å². The molecule has 126 valence electrons. The molecular formula is C15H20Br3FO3. The number of halogens is 4. The standard InChI is InChI=1S/C12H14BrFO3.C3H6Br2/c1-2-16-12(15)9-4-5-11(10(14)8-9)17-7-3-6-13;4-2-1-3-5/h4-5,8H,2-3,6-7H2,1H3;1-3H2. The number of carbonyl (C=O) groups excluding carboxylic acids is 1. The molecule has 0 radical (unpaired) electrons. The van der Waals surface area contributed by atoms with Crippen LogP contribution in [0.3, 0.4) is 0 Å². The monoisotopic (exact) mass is 504 g/mol. The summed E-state index contributed by atoms with van der Waals surface area (Å²) in [5.41, 5.74) is 0.192. The summed E-state index contributed by atoms with van der Waals surface area (Å²) in [7, 11) is 0. The van der Waals surface area contributed by atoms with Crippen molar-refractivity contribution in [3.05, 3.63) is 29.6 Å². The number of rotatable bonds is 8. The van der Waals surface area contributed by atoms with Gasteiger partial charge in [-0.25, -0.2) is 9.18 Å². The van der Waals surface area contributed by atoms with Gasteiger partial charge >= 0.3 is 5.97 Å². The van der Waals surface area contributed by atoms with Crippen molar-refractivity contribution in [3.63, 3.8) is 0 Å². The lowest BCUT2D eigenvalue weighted by atomic mass is 10.2. The van der Waals surface area contributed by atoms with Crippen LogP contribution in [0.5, 0.6) is 5.75 Å². The number of carbonyl (C=O) groups is 1. The number of benzene rings is 1. The molecule has 0 amide bonds. The highest BCUT2D eigenvalue weighted by atomic mass is 79.9. The van der Waals surface area contributed by atoms with Crippen molar-refractivity contribution < 1.29 is 18.7 Å². The Hall–Kier alpha value is -0.140. The van der Waals surface area contributed by atoms with E-state index in [0.29, 0.717) is 6.61 Å². The molecule has 3 nitrogen and oxygen atoms in total. The van der Waals surface area contributed by atoms with Gasteiger partial charge < -0.3 is 9.47 Å². The highest BCUT2D eigenvalue weighted by molar-refractivity contribution is 9.09. The van der Waals surface area contributed by atoms with E-state index < -0.39 is 11.8 Å². The van der Waals surface area contributed by atoms with Crippen molar-refractivity contribution in [3.8, 4) is 5.75 Å². The molecular weight excluding hydrogens is 487 g/mol. The van der Waals surface area contributed by atoms with Gasteiger partial charge in [-0.1, -0.05) is 47.8 Å². The van der Waals surface area contributed by atoms with Gasteiger partial charge in [-0.15, -0.1) is 0 Å². The minimum Gasteiger partial charge on any atom is -0.490 e. The van der Waals surface area contributed by atoms with Gasteiger partial charge in [0, 0.05) is 16.0 Å². The maximum atomic E-state index is 13.5. The fourth-order valence-corrected chi connectivity index (χ4v) is 2.79. The SMILES string of the molecule is BrCCCBr.CCOC(=O)c1ccc(OCCCBr)c(F)c1. The topological polar surface area (TPSA) is 35.5 Å². The van der Waals surface area contributed by atoms with Crippen LogP contribution in [0.25, 0.3) is 0 Å². The second-order valence-electron chi connectivity index (χ2n) is 3.99. The lowest BCUT2D eigenvalue weighted by molar-refractivity contribution is 0.0525. The zero-order valence-corrected chi connectivity index (χ0v) is 17.2. The zero-order chi connectivity index (χ0) is 16.8. The number of alkyl halides is 3. The Morgan fingerprint density at radius 1 is 1.14 bits per heavy atom. The molecule has 0 saturated heterocycles. The smallest absolute Gasteiger partial charge is 0.338 e. The summed E-state index contributed by atoms with van der Waals surface area (Å²) >= 11 is 9.81. The van der Waals surface area contributed by atoms with E-state index >= 15 is 0 Å². The minimum atomic E-state index is -0.551. The Labute approximate surface area is 156 Å². The predicted molar refractivity (Wildman–Crippen MR) is 98.5 cm³/mol. The number of hydrogen-bond donors (Lipinski definition) is 0. The van der Waals surface area contributed by atoms with Crippen molar-refractivity contribution >= 4 is 53.8 Å². The molecule has 1 aromatic rings. The van der Waals surface area contributed by atoms with E-state index in [4.69, 9.17) is 9.47 Å². The molecule has 0 N–H and O–H groups in total. The van der Waals surface area contributed by atoms with Gasteiger partial charge in [0.1, 0.15) is 0 Å². The van der Waals surface area contributed by atoms with Crippen LogP contribution in [0.4, 0.5) is 4.39 Å². The third kappa shape index (κ3) is 9.79. The summed E-state index contributed by atoms with van der Waals surface area (Å²) in [5, 5.41) is 3.02. The molecule has 0 heterocycles. The Kier molecular flexibility index (Phi) is 14.4. The first kappa shape index (κ1) is 21.9. The molecule has 0 aromatic heterocycles. The Balaban J connectivity index is 0.000000763. The van der Waals surface area contributed by atoms with E-state index in [1.165, 1.54) is 18.6 Å². The van der Waals surface area contributed by atoms with Crippen LogP contribution < -0.4 is 4.74 Å². The first-order valence-corrected chi connectivity index (χ1v) is 10.2. The van der Waals surface area contributed by atoms with Crippen molar-refractivity contribution in [1.82, 2.24) is 0 Å². The van der Waals surface area contributed by atoms with Gasteiger partial charge in [0.25, 0.3) is 0 Å². The summed E-state index contributed by atoms with van der Waals surface area (Å²) in [5.74, 6) is -0.928. The van der Waals surface area contributed by atoms with Crippen LogP contribution in [-0.4, -0.2) is 35.2 Å². The van der Waals surface area contributed by atoms with Crippen LogP contribution >= 0.6 is 47.8 Å². The fraction of sp³-hybridized carbons (Fsp3) is 0.533. The van der Waals surface area contributed by atoms with Crippen molar-refractivity contribution in [2.24, 2.45) is 0 Å². The number of hydrogen-bond acceptors (Lipinski definition) is 3. The Morgan fingerprint density at radius 2 is 1.77 bits per heavy atom. The molecule has 0 aliphatic carbocycles. The van der Waals surface area contributed by atoms with E-state index in [-0.39, 0.29) is 17.9 Å². The minimum absolute atomic E-state index is 0.152. The molecule has 0 spiro atoms. The summed E-state index contributed by atoms with van der Waals surface area (Å²) in [6.07, 6.45) is 2.01. The quantitative estimate of drug-likeness (QED) is 0.271. The second kappa shape index (κ2) is 14.5. The van der Waals surface area contributed by atoms with Crippen LogP contribution in [0, 0.1) is 5.82 Å². The van der Waals surface area contributed by atoms with E-state index in [9.17, 15) is 9.18 Å². The average Bonchev–Trinajstić information content (AvgIpc) is 2.50. The van der Waals surface area contributed by atoms with Gasteiger partial charge in [0.2, 0.25) is 0 Å². The van der Waals surface area contributed by atoms with E-state index in [1.807, 2.05) is 0 Å². The van der Waals surface area contributed by atoms with E-state index in [0.717, 1.165) is 28.5 Å². The molecule has 0 fully saturated rings. The van der Waals surface area contributed by atoms with Crippen LogP contribution in [0.1, 0.15) is 30.1 Å². The maximum Gasteiger partial charge on any atom is 0.338 e. The van der Waals surface area contributed by atoms with Gasteiger partial charge in [-0.2, -0.15) is 0 Å². The van der Waals surface area contributed by atoms with Gasteiger partial charge in [-0.3, -0.25) is 0 Å². The molecule has 0 atom stereocenters. The number of ether oxygens (including phenoxy) is 2. The molecule has 0 bridgehead atoms. The molecule has 0 unspecified atom stereocenters. The number of esters is 1. The molecule has 22 heavy (non-hydrogen) atoms. The van der Waals surface area contributed by atoms with E-state index in [2.05, 4.69) is 47.8 Å². The van der Waals surface area contributed by atoms with Crippen molar-refractivity contribution in [1.29, 1.82) is 0 Å². The summed E-state index contributed by atoms with van der Waals surface area (Å²) in [6.45, 7) is 2.40. The maximum absolute atomic E-state index is 13.5. The second-order valence-corrected chi connectivity index (χ2v) is 6.37. The highest BCUT2D eigenvalue weighted by Gasteiger charge is 2.10. The molecule has 1 rings (SSSR count). The normalized spacial score (nSPS) is 9.68. The summed E-state index contributed by atoms with van der Waals surface area (Å²) in [6, 6.07) is 4.06. The third-order valence-corrected chi connectivity index (χ3v) is 3.93. The molecule has 0 aliphatic rings. The third-order valence-electron chi connectivity index (χ3n) is 2.25. The Bertz CT molecular complexity index is 428. The van der Waals surface area contributed by atoms with Crippen LogP contribution in [-0.2, 0) is 4.74 Å². The van der Waals surface area contributed by atoms with Crippen molar-refractivity contribution in [2.45, 2.75) is 19.8 Å². The van der Waals surface area contributed by atoms with Gasteiger partial charge in [0.15, 0.2) is 11.6 Å². The van der Waals surface area contributed by atoms with Gasteiger partial charge in [0.05, 0.1) is 18.8 Å². The molecule has 1 aromatic carbocycles. The molecule has 0 saturated carbocycles. The first-order chi connectivity index (χ1) is 10.6. The summed E-state index contributed by atoms with van der Waals surface area (Å²) in [4.78, 5) is 11.3. The summed E-state index contributed by atoms with van der Waals surface area (Å²) < 4.78 is 23.5. The predicted octanol–water partition coefficient (Wildman–Crippen LogP) is 5.33. The van der Waals surface area contributed by atoms with Gasteiger partial charge in [-0.05, 0) is 38.0 Å². The lowest BCUT2D eigenvalue weighted by Crippen LogP contribution is -2.06. The highest BCUT2D eigenvalue weighted by Crippen LogP contribution is 2.19. The largest absolute Gasteiger partial charge is 0.490 e. The first-order valence-electron chi connectivity index (χ1n) is 6.88. The lowest BCUT2D eigenvalue weighted by Gasteiger charge is -2.07. The zero-order valence-electron chi connectivity index (χ0n) is 12.4. The Morgan fingerprint density at radius 3 is 2.23 bits per heavy atom. The molecule has 0 aliphatic heterocycles. The van der Waals surface area contributed by atoms with Crippen molar-refractivity contribution in [2.75, 3.05) is 29.2 Å². The molecule has 7 heteroatoms. The van der Waals surface area contributed by atoms with E-state index in [1.54, 1.807) is 6.92 Å².